The highest BCUT2D eigenvalue weighted by molar-refractivity contribution is 6.28. The molecular formula is C8H7ClFN5O. The van der Waals surface area contributed by atoms with Gasteiger partial charge in [0.25, 0.3) is 0 Å². The summed E-state index contributed by atoms with van der Waals surface area (Å²) in [6.07, 6.45) is 0.985. The smallest absolute Gasteiger partial charge is 0.224 e. The summed E-state index contributed by atoms with van der Waals surface area (Å²) in [4.78, 5) is 11.1. The largest absolute Gasteiger partial charge is 0.360 e. The average molecular weight is 244 g/mol. The molecule has 2 aromatic rings. The van der Waals surface area contributed by atoms with E-state index in [2.05, 4.69) is 25.4 Å². The summed E-state index contributed by atoms with van der Waals surface area (Å²) in [5.74, 6) is 0.261. The fourth-order valence-electron chi connectivity index (χ4n) is 1.05. The van der Waals surface area contributed by atoms with Gasteiger partial charge >= 0.3 is 0 Å². The molecule has 2 rings (SSSR count). The molecule has 6 nitrogen and oxygen atoms in total. The molecule has 0 amide bonds. The van der Waals surface area contributed by atoms with Crippen molar-refractivity contribution >= 4 is 17.4 Å². The van der Waals surface area contributed by atoms with E-state index in [-0.39, 0.29) is 17.6 Å². The number of aryl methyl sites for hydroxylation is 1. The van der Waals surface area contributed by atoms with Gasteiger partial charge in [-0.2, -0.15) is 9.97 Å². The molecule has 0 spiro atoms. The van der Waals surface area contributed by atoms with Gasteiger partial charge in [-0.25, -0.2) is 9.37 Å². The summed E-state index contributed by atoms with van der Waals surface area (Å²) in [5.41, 5.74) is 0. The Morgan fingerprint density at radius 1 is 1.50 bits per heavy atom. The number of rotatable bonds is 3. The summed E-state index contributed by atoms with van der Waals surface area (Å²) in [6.45, 7) is 1.86. The molecule has 16 heavy (non-hydrogen) atoms. The summed E-state index contributed by atoms with van der Waals surface area (Å²) in [7, 11) is 0. The average Bonchev–Trinajstić information content (AvgIpc) is 2.66. The lowest BCUT2D eigenvalue weighted by molar-refractivity contribution is 0.388. The van der Waals surface area contributed by atoms with Crippen molar-refractivity contribution in [3.63, 3.8) is 0 Å². The van der Waals surface area contributed by atoms with E-state index >= 15 is 0 Å². The van der Waals surface area contributed by atoms with Gasteiger partial charge in [0.1, 0.15) is 0 Å². The highest BCUT2D eigenvalue weighted by Crippen LogP contribution is 2.12. The highest BCUT2D eigenvalue weighted by atomic mass is 35.5. The number of aromatic nitrogens is 4. The molecular weight excluding hydrogens is 237 g/mol. The van der Waals surface area contributed by atoms with Crippen LogP contribution in [0.5, 0.6) is 0 Å². The van der Waals surface area contributed by atoms with Gasteiger partial charge in [0, 0.05) is 6.92 Å². The van der Waals surface area contributed by atoms with Crippen LogP contribution in [-0.2, 0) is 6.54 Å². The standard InChI is InChI=1S/C8H7ClFN5O/c1-4-13-6(15-16-4)3-11-7-5(10)2-12-8(9)14-7/h2H,3H2,1H3,(H,11,12,14). The maximum Gasteiger partial charge on any atom is 0.224 e. The third-order valence-corrected chi connectivity index (χ3v) is 1.88. The van der Waals surface area contributed by atoms with Crippen LogP contribution in [0.3, 0.4) is 0 Å². The zero-order chi connectivity index (χ0) is 11.5. The number of hydrogen-bond donors (Lipinski definition) is 1. The van der Waals surface area contributed by atoms with E-state index in [1.807, 2.05) is 0 Å². The predicted molar refractivity (Wildman–Crippen MR) is 53.4 cm³/mol. The Balaban J connectivity index is 2.07. The first-order chi connectivity index (χ1) is 7.65. The van der Waals surface area contributed by atoms with E-state index in [0.29, 0.717) is 11.7 Å². The molecule has 0 aliphatic carbocycles. The number of nitrogens with one attached hydrogen (secondary N) is 1. The normalized spacial score (nSPS) is 10.4. The Labute approximate surface area is 94.9 Å². The Kier molecular flexibility index (Phi) is 2.95. The lowest BCUT2D eigenvalue weighted by Crippen LogP contribution is -2.05. The van der Waals surface area contributed by atoms with Crippen LogP contribution < -0.4 is 5.32 Å². The first kappa shape index (κ1) is 10.7. The molecule has 1 N–H and O–H groups in total. The second kappa shape index (κ2) is 4.40. The van der Waals surface area contributed by atoms with Crippen molar-refractivity contribution in [3.8, 4) is 0 Å². The van der Waals surface area contributed by atoms with Gasteiger partial charge in [0.05, 0.1) is 12.7 Å². The zero-order valence-electron chi connectivity index (χ0n) is 8.24. The molecule has 0 aliphatic heterocycles. The molecule has 0 radical (unpaired) electrons. The monoisotopic (exact) mass is 243 g/mol. The van der Waals surface area contributed by atoms with E-state index in [4.69, 9.17) is 16.1 Å². The summed E-state index contributed by atoms with van der Waals surface area (Å²) in [6, 6.07) is 0. The first-order valence-electron chi connectivity index (χ1n) is 4.36. The quantitative estimate of drug-likeness (QED) is 0.825. The number of hydrogen-bond acceptors (Lipinski definition) is 6. The molecule has 0 saturated carbocycles. The number of nitrogens with zero attached hydrogens (tertiary/aromatic N) is 4. The van der Waals surface area contributed by atoms with Crippen LogP contribution in [-0.4, -0.2) is 20.1 Å². The summed E-state index contributed by atoms with van der Waals surface area (Å²) >= 11 is 5.52. The fraction of sp³-hybridized carbons (Fsp3) is 0.250. The van der Waals surface area contributed by atoms with E-state index < -0.39 is 5.82 Å². The van der Waals surface area contributed by atoms with Crippen LogP contribution in [0.4, 0.5) is 10.2 Å². The molecule has 84 valence electrons. The molecule has 0 bridgehead atoms. The lowest BCUT2D eigenvalue weighted by Gasteiger charge is -2.02. The number of halogens is 2. The minimum Gasteiger partial charge on any atom is -0.360 e. The second-order valence-corrected chi connectivity index (χ2v) is 3.26. The van der Waals surface area contributed by atoms with Gasteiger partial charge in [-0.1, -0.05) is 5.16 Å². The summed E-state index contributed by atoms with van der Waals surface area (Å²) in [5, 5.41) is 6.29. The first-order valence-corrected chi connectivity index (χ1v) is 4.74. The molecule has 0 saturated heterocycles. The van der Waals surface area contributed by atoms with Gasteiger partial charge in [0.15, 0.2) is 17.5 Å². The van der Waals surface area contributed by atoms with Crippen molar-refractivity contribution in [2.45, 2.75) is 13.5 Å². The Hall–Kier alpha value is -1.76. The maximum atomic E-state index is 13.2. The molecule has 0 atom stereocenters. The lowest BCUT2D eigenvalue weighted by atomic mass is 10.5. The van der Waals surface area contributed by atoms with Crippen molar-refractivity contribution < 1.29 is 8.91 Å². The predicted octanol–water partition coefficient (Wildman–Crippen LogP) is 1.57. The fourth-order valence-corrected chi connectivity index (χ4v) is 1.18. The third-order valence-electron chi connectivity index (χ3n) is 1.70. The van der Waals surface area contributed by atoms with Crippen molar-refractivity contribution in [2.24, 2.45) is 0 Å². The van der Waals surface area contributed by atoms with Crippen LogP contribution >= 0.6 is 11.6 Å². The minimum absolute atomic E-state index is 0.00227. The van der Waals surface area contributed by atoms with E-state index in [1.165, 1.54) is 0 Å². The Bertz CT molecular complexity index is 503. The Morgan fingerprint density at radius 2 is 2.31 bits per heavy atom. The van der Waals surface area contributed by atoms with Gasteiger partial charge < -0.3 is 9.84 Å². The molecule has 0 unspecified atom stereocenters. The SMILES string of the molecule is Cc1nc(CNc2nc(Cl)ncc2F)no1. The van der Waals surface area contributed by atoms with Gasteiger partial charge in [0.2, 0.25) is 11.2 Å². The number of anilines is 1. The molecule has 8 heteroatoms. The van der Waals surface area contributed by atoms with Crippen molar-refractivity contribution in [1.29, 1.82) is 0 Å². The van der Waals surface area contributed by atoms with Gasteiger partial charge in [-0.3, -0.25) is 0 Å². The molecule has 0 fully saturated rings. The molecule has 0 aliphatic rings. The van der Waals surface area contributed by atoms with Crippen LogP contribution in [0.2, 0.25) is 5.28 Å². The molecule has 0 aromatic carbocycles. The molecule has 2 aromatic heterocycles. The van der Waals surface area contributed by atoms with Crippen LogP contribution in [0.25, 0.3) is 0 Å². The van der Waals surface area contributed by atoms with E-state index in [1.54, 1.807) is 6.92 Å². The van der Waals surface area contributed by atoms with Gasteiger partial charge in [-0.05, 0) is 11.6 Å². The van der Waals surface area contributed by atoms with E-state index in [0.717, 1.165) is 6.20 Å². The minimum atomic E-state index is -0.593. The zero-order valence-corrected chi connectivity index (χ0v) is 8.99. The highest BCUT2D eigenvalue weighted by Gasteiger charge is 2.07. The molecule has 2 heterocycles. The van der Waals surface area contributed by atoms with Crippen molar-refractivity contribution in [2.75, 3.05) is 5.32 Å². The summed E-state index contributed by atoms with van der Waals surface area (Å²) < 4.78 is 17.9. The van der Waals surface area contributed by atoms with Crippen LogP contribution in [0, 0.1) is 12.7 Å². The van der Waals surface area contributed by atoms with Crippen LogP contribution in [0.15, 0.2) is 10.7 Å². The third kappa shape index (κ3) is 2.43. The second-order valence-electron chi connectivity index (χ2n) is 2.92. The van der Waals surface area contributed by atoms with E-state index in [9.17, 15) is 4.39 Å². The van der Waals surface area contributed by atoms with Crippen LogP contribution in [0.1, 0.15) is 11.7 Å². The maximum absolute atomic E-state index is 13.2. The van der Waals surface area contributed by atoms with Crippen molar-refractivity contribution in [3.05, 3.63) is 29.0 Å². The topological polar surface area (TPSA) is 76.7 Å². The van der Waals surface area contributed by atoms with Crippen molar-refractivity contribution in [1.82, 2.24) is 20.1 Å². The van der Waals surface area contributed by atoms with Gasteiger partial charge in [-0.15, -0.1) is 0 Å². The Morgan fingerprint density at radius 3 is 3.00 bits per heavy atom.